The summed E-state index contributed by atoms with van der Waals surface area (Å²) in [4.78, 5) is 0. The summed E-state index contributed by atoms with van der Waals surface area (Å²) in [5.41, 5.74) is 1.31. The first-order valence-corrected chi connectivity index (χ1v) is 5.40. The maximum Gasteiger partial charge on any atom is 0.178 e. The number of unbranched alkanes of at least 4 members (excludes halogenated alkanes) is 3. The zero-order valence-electron chi connectivity index (χ0n) is 9.32. The monoisotopic (exact) mass is 229 g/mol. The van der Waals surface area contributed by atoms with Crippen molar-refractivity contribution in [1.82, 2.24) is 0 Å². The summed E-state index contributed by atoms with van der Waals surface area (Å²) in [6.07, 6.45) is 6.63. The maximum atomic E-state index is 8.62. The third-order valence-corrected chi connectivity index (χ3v) is 2.47. The average Bonchev–Trinajstić information content (AvgIpc) is 2.20. The Hall–Kier alpha value is -0.600. The van der Waals surface area contributed by atoms with Crippen molar-refractivity contribution in [3.8, 4) is 0 Å². The van der Waals surface area contributed by atoms with Crippen molar-refractivity contribution in [2.45, 2.75) is 39.2 Å². The maximum absolute atomic E-state index is 8.62. The summed E-state index contributed by atoms with van der Waals surface area (Å²) >= 11 is 0. The molecule has 1 aromatic rings. The van der Waals surface area contributed by atoms with Crippen LogP contribution in [0.1, 0.15) is 31.4 Å². The lowest BCUT2D eigenvalue weighted by molar-refractivity contribution is -0.703. The Morgan fingerprint density at radius 2 is 1.87 bits per heavy atom. The topological polar surface area (TPSA) is 24.1 Å². The number of hydrogen-bond acceptors (Lipinski definition) is 1. The average molecular weight is 230 g/mol. The van der Waals surface area contributed by atoms with E-state index in [9.17, 15) is 0 Å². The minimum absolute atomic E-state index is 0. The number of aryl methyl sites for hydroxylation is 2. The lowest BCUT2D eigenvalue weighted by atomic mass is 10.2. The molecule has 1 N–H and O–H groups in total. The van der Waals surface area contributed by atoms with E-state index >= 15 is 0 Å². The molecule has 86 valence electrons. The third kappa shape index (κ3) is 5.75. The molecule has 0 saturated carbocycles. The summed E-state index contributed by atoms with van der Waals surface area (Å²) < 4.78 is 2.28. The van der Waals surface area contributed by atoms with Crippen LogP contribution in [0, 0.1) is 6.92 Å². The van der Waals surface area contributed by atoms with E-state index < -0.39 is 0 Å². The van der Waals surface area contributed by atoms with Crippen molar-refractivity contribution >= 4 is 0 Å². The highest BCUT2D eigenvalue weighted by Crippen LogP contribution is 1.99. The molecule has 0 spiro atoms. The van der Waals surface area contributed by atoms with Gasteiger partial charge in [0.25, 0.3) is 0 Å². The normalized spacial score (nSPS) is 9.73. The van der Waals surface area contributed by atoms with Gasteiger partial charge in [-0.25, -0.2) is 4.57 Å². The van der Waals surface area contributed by atoms with Crippen LogP contribution in [0.2, 0.25) is 0 Å². The summed E-state index contributed by atoms with van der Waals surface area (Å²) in [5.74, 6) is 0. The Balaban J connectivity index is 0.00000196. The van der Waals surface area contributed by atoms with Crippen LogP contribution in [-0.4, -0.2) is 11.7 Å². The molecular formula is C12H20ClNO. The molecule has 0 saturated heterocycles. The number of rotatable bonds is 6. The second-order valence-electron chi connectivity index (χ2n) is 3.67. The van der Waals surface area contributed by atoms with Gasteiger partial charge in [0.05, 0.1) is 0 Å². The predicted octanol–water partition coefficient (Wildman–Crippen LogP) is -1.16. The molecule has 0 fully saturated rings. The molecule has 0 unspecified atom stereocenters. The second-order valence-corrected chi connectivity index (χ2v) is 3.67. The summed E-state index contributed by atoms with van der Waals surface area (Å²) in [6.45, 7) is 3.56. The van der Waals surface area contributed by atoms with Gasteiger partial charge in [0.2, 0.25) is 0 Å². The second kappa shape index (κ2) is 8.69. The smallest absolute Gasteiger partial charge is 0.178 e. The van der Waals surface area contributed by atoms with Gasteiger partial charge in [0.15, 0.2) is 11.9 Å². The quantitative estimate of drug-likeness (QED) is 0.483. The Morgan fingerprint density at radius 3 is 2.53 bits per heavy atom. The van der Waals surface area contributed by atoms with E-state index in [1.807, 2.05) is 0 Å². The molecule has 0 aromatic carbocycles. The van der Waals surface area contributed by atoms with Gasteiger partial charge in [-0.1, -0.05) is 12.5 Å². The van der Waals surface area contributed by atoms with Crippen LogP contribution in [0.4, 0.5) is 0 Å². The Bertz CT molecular complexity index is 266. The Morgan fingerprint density at radius 1 is 1.13 bits per heavy atom. The highest BCUT2D eigenvalue weighted by atomic mass is 35.5. The van der Waals surface area contributed by atoms with Crippen LogP contribution in [0.25, 0.3) is 0 Å². The van der Waals surface area contributed by atoms with Crippen molar-refractivity contribution in [3.05, 3.63) is 30.1 Å². The number of aliphatic hydroxyl groups excluding tert-OH is 1. The predicted molar refractivity (Wildman–Crippen MR) is 56.9 cm³/mol. The molecule has 1 heterocycles. The van der Waals surface area contributed by atoms with Crippen molar-refractivity contribution in [2.75, 3.05) is 6.61 Å². The molecule has 0 atom stereocenters. The van der Waals surface area contributed by atoms with Crippen LogP contribution >= 0.6 is 0 Å². The fraction of sp³-hybridized carbons (Fsp3) is 0.583. The van der Waals surface area contributed by atoms with Gasteiger partial charge >= 0.3 is 0 Å². The molecular weight excluding hydrogens is 210 g/mol. The summed E-state index contributed by atoms with van der Waals surface area (Å²) in [6, 6.07) is 6.27. The first-order chi connectivity index (χ1) is 6.84. The number of nitrogens with zero attached hydrogens (tertiary/aromatic N) is 1. The van der Waals surface area contributed by atoms with Crippen LogP contribution in [-0.2, 0) is 6.54 Å². The van der Waals surface area contributed by atoms with Crippen molar-refractivity contribution in [2.24, 2.45) is 0 Å². The minimum Gasteiger partial charge on any atom is -1.00 e. The first-order valence-electron chi connectivity index (χ1n) is 5.40. The molecule has 0 radical (unpaired) electrons. The minimum atomic E-state index is 0. The van der Waals surface area contributed by atoms with Crippen LogP contribution in [0.15, 0.2) is 24.4 Å². The zero-order valence-corrected chi connectivity index (χ0v) is 10.1. The molecule has 0 aliphatic rings. The van der Waals surface area contributed by atoms with Crippen molar-refractivity contribution in [3.63, 3.8) is 0 Å². The van der Waals surface area contributed by atoms with Gasteiger partial charge in [-0.3, -0.25) is 0 Å². The van der Waals surface area contributed by atoms with Gasteiger partial charge in [-0.05, 0) is 12.8 Å². The van der Waals surface area contributed by atoms with Crippen molar-refractivity contribution < 1.29 is 22.1 Å². The number of hydrogen-bond donors (Lipinski definition) is 1. The fourth-order valence-corrected chi connectivity index (χ4v) is 1.56. The molecule has 1 aromatic heterocycles. The Kier molecular flexibility index (Phi) is 8.34. The van der Waals surface area contributed by atoms with Gasteiger partial charge < -0.3 is 17.5 Å². The fourth-order valence-electron chi connectivity index (χ4n) is 1.56. The molecule has 0 aliphatic carbocycles. The molecule has 0 bridgehead atoms. The number of pyridine rings is 1. The first kappa shape index (κ1) is 14.4. The molecule has 0 amide bonds. The van der Waals surface area contributed by atoms with Crippen LogP contribution in [0.3, 0.4) is 0 Å². The van der Waals surface area contributed by atoms with Crippen LogP contribution in [0.5, 0.6) is 0 Å². The lowest BCUT2D eigenvalue weighted by Gasteiger charge is -1.99. The molecule has 2 nitrogen and oxygen atoms in total. The summed E-state index contributed by atoms with van der Waals surface area (Å²) in [5, 5.41) is 8.62. The highest BCUT2D eigenvalue weighted by molar-refractivity contribution is 4.93. The van der Waals surface area contributed by atoms with E-state index in [1.54, 1.807) is 0 Å². The third-order valence-electron chi connectivity index (χ3n) is 2.47. The molecule has 3 heteroatoms. The van der Waals surface area contributed by atoms with Gasteiger partial charge in [-0.2, -0.15) is 0 Å². The van der Waals surface area contributed by atoms with E-state index in [2.05, 4.69) is 35.9 Å². The number of halogens is 1. The summed E-state index contributed by atoms with van der Waals surface area (Å²) in [7, 11) is 0. The molecule has 1 rings (SSSR count). The Labute approximate surface area is 98.4 Å². The van der Waals surface area contributed by atoms with Crippen molar-refractivity contribution in [1.29, 1.82) is 0 Å². The van der Waals surface area contributed by atoms with E-state index in [4.69, 9.17) is 5.11 Å². The van der Waals surface area contributed by atoms with Gasteiger partial charge in [-0.15, -0.1) is 0 Å². The van der Waals surface area contributed by atoms with E-state index in [1.165, 1.54) is 18.5 Å². The van der Waals surface area contributed by atoms with E-state index in [0.29, 0.717) is 6.61 Å². The van der Waals surface area contributed by atoms with Gasteiger partial charge in [0.1, 0.15) is 6.54 Å². The highest BCUT2D eigenvalue weighted by Gasteiger charge is 2.02. The zero-order chi connectivity index (χ0) is 10.2. The molecule has 15 heavy (non-hydrogen) atoms. The van der Waals surface area contributed by atoms with E-state index in [-0.39, 0.29) is 12.4 Å². The standard InChI is InChI=1S/C12H20NO.ClH/c1-12-8-4-6-10-13(12)9-5-2-3-7-11-14;/h4,6,8,10,14H,2-3,5,7,9,11H2,1H3;1H/q+1;/p-1. The lowest BCUT2D eigenvalue weighted by Crippen LogP contribution is -3.00. The largest absolute Gasteiger partial charge is 1.00 e. The number of aromatic nitrogens is 1. The van der Waals surface area contributed by atoms with Gasteiger partial charge in [0, 0.05) is 32.1 Å². The molecule has 0 aliphatic heterocycles. The number of aliphatic hydroxyl groups is 1. The van der Waals surface area contributed by atoms with Crippen LogP contribution < -0.4 is 17.0 Å². The van der Waals surface area contributed by atoms with E-state index in [0.717, 1.165) is 19.4 Å². The SMILES string of the molecule is Cc1cccc[n+]1CCCCCCO.[Cl-].